The number of hydrogen-bond acceptors (Lipinski definition) is 3. The SMILES string of the molecule is COCCCNC1CCCCC1C#N. The fourth-order valence-electron chi connectivity index (χ4n) is 2.03. The normalized spacial score (nSPS) is 27.1. The highest BCUT2D eigenvalue weighted by Gasteiger charge is 2.23. The molecule has 0 aromatic heterocycles. The van der Waals surface area contributed by atoms with Gasteiger partial charge in [0.15, 0.2) is 0 Å². The summed E-state index contributed by atoms with van der Waals surface area (Å²) in [5.41, 5.74) is 0. The minimum atomic E-state index is 0.228. The third-order valence-electron chi connectivity index (χ3n) is 2.86. The first-order chi connectivity index (χ1) is 6.88. The Hall–Kier alpha value is -0.590. The van der Waals surface area contributed by atoms with Crippen LogP contribution in [0.2, 0.25) is 0 Å². The molecule has 0 radical (unpaired) electrons. The van der Waals surface area contributed by atoms with E-state index in [0.29, 0.717) is 6.04 Å². The molecule has 1 fully saturated rings. The van der Waals surface area contributed by atoms with Gasteiger partial charge in [0.1, 0.15) is 0 Å². The predicted molar refractivity (Wildman–Crippen MR) is 55.9 cm³/mol. The van der Waals surface area contributed by atoms with Gasteiger partial charge >= 0.3 is 0 Å². The molecule has 2 unspecified atom stereocenters. The van der Waals surface area contributed by atoms with Crippen molar-refractivity contribution in [3.63, 3.8) is 0 Å². The quantitative estimate of drug-likeness (QED) is 0.681. The van der Waals surface area contributed by atoms with E-state index in [1.165, 1.54) is 12.8 Å². The lowest BCUT2D eigenvalue weighted by Gasteiger charge is -2.27. The Labute approximate surface area is 86.4 Å². The van der Waals surface area contributed by atoms with E-state index in [1.807, 2.05) is 0 Å². The number of hydrogen-bond donors (Lipinski definition) is 1. The summed E-state index contributed by atoms with van der Waals surface area (Å²) in [5, 5.41) is 12.4. The molecule has 2 atom stereocenters. The molecule has 0 bridgehead atoms. The molecule has 1 aliphatic carbocycles. The van der Waals surface area contributed by atoms with Gasteiger partial charge in [-0.3, -0.25) is 0 Å². The van der Waals surface area contributed by atoms with Crippen LogP contribution >= 0.6 is 0 Å². The van der Waals surface area contributed by atoms with E-state index >= 15 is 0 Å². The van der Waals surface area contributed by atoms with Crippen LogP contribution in [0.3, 0.4) is 0 Å². The second-order valence-electron chi connectivity index (χ2n) is 3.93. The first-order valence-electron chi connectivity index (χ1n) is 5.50. The van der Waals surface area contributed by atoms with Gasteiger partial charge in [-0.05, 0) is 25.8 Å². The standard InChI is InChI=1S/C11H20N2O/c1-14-8-4-7-13-11-6-3-2-5-10(11)9-12/h10-11,13H,2-8H2,1H3. The van der Waals surface area contributed by atoms with E-state index < -0.39 is 0 Å². The molecule has 80 valence electrons. The Morgan fingerprint density at radius 3 is 2.93 bits per heavy atom. The topological polar surface area (TPSA) is 45.0 Å². The molecule has 0 aromatic rings. The predicted octanol–water partition coefficient (Wildman–Crippen LogP) is 1.69. The van der Waals surface area contributed by atoms with Crippen LogP contribution in [0.4, 0.5) is 0 Å². The summed E-state index contributed by atoms with van der Waals surface area (Å²) in [5.74, 6) is 0.228. The van der Waals surface area contributed by atoms with E-state index in [9.17, 15) is 0 Å². The van der Waals surface area contributed by atoms with E-state index in [4.69, 9.17) is 10.00 Å². The van der Waals surface area contributed by atoms with Crippen LogP contribution in [0, 0.1) is 17.2 Å². The zero-order chi connectivity index (χ0) is 10.2. The molecule has 0 aliphatic heterocycles. The van der Waals surface area contributed by atoms with E-state index in [1.54, 1.807) is 7.11 Å². The van der Waals surface area contributed by atoms with Crippen molar-refractivity contribution < 1.29 is 4.74 Å². The van der Waals surface area contributed by atoms with Crippen molar-refractivity contribution in [2.24, 2.45) is 5.92 Å². The number of methoxy groups -OCH3 is 1. The number of nitriles is 1. The molecule has 0 spiro atoms. The summed E-state index contributed by atoms with van der Waals surface area (Å²) in [6, 6.07) is 2.82. The summed E-state index contributed by atoms with van der Waals surface area (Å²) in [6.45, 7) is 1.77. The third-order valence-corrected chi connectivity index (χ3v) is 2.86. The van der Waals surface area contributed by atoms with Gasteiger partial charge < -0.3 is 10.1 Å². The van der Waals surface area contributed by atoms with Gasteiger partial charge in [-0.2, -0.15) is 5.26 Å². The molecule has 3 nitrogen and oxygen atoms in total. The Bertz CT molecular complexity index is 188. The molecule has 1 rings (SSSR count). The molecule has 0 aromatic carbocycles. The number of rotatable bonds is 5. The molecule has 0 saturated heterocycles. The first-order valence-corrected chi connectivity index (χ1v) is 5.50. The average molecular weight is 196 g/mol. The second-order valence-corrected chi connectivity index (χ2v) is 3.93. The van der Waals surface area contributed by atoms with Crippen molar-refractivity contribution in [3.8, 4) is 6.07 Å². The fraction of sp³-hybridized carbons (Fsp3) is 0.909. The first kappa shape index (κ1) is 11.5. The lowest BCUT2D eigenvalue weighted by molar-refractivity contribution is 0.190. The van der Waals surface area contributed by atoms with Crippen molar-refractivity contribution in [2.45, 2.75) is 38.1 Å². The largest absolute Gasteiger partial charge is 0.385 e. The minimum absolute atomic E-state index is 0.228. The summed E-state index contributed by atoms with van der Waals surface area (Å²) in [7, 11) is 1.72. The van der Waals surface area contributed by atoms with E-state index in [-0.39, 0.29) is 5.92 Å². The molecule has 1 N–H and O–H groups in total. The van der Waals surface area contributed by atoms with Crippen LogP contribution < -0.4 is 5.32 Å². The highest BCUT2D eigenvalue weighted by atomic mass is 16.5. The highest BCUT2D eigenvalue weighted by Crippen LogP contribution is 2.23. The Kier molecular flexibility index (Phi) is 5.58. The van der Waals surface area contributed by atoms with Crippen LogP contribution in [0.15, 0.2) is 0 Å². The molecular weight excluding hydrogens is 176 g/mol. The fourth-order valence-corrected chi connectivity index (χ4v) is 2.03. The summed E-state index contributed by atoms with van der Waals surface area (Å²) < 4.78 is 4.98. The van der Waals surface area contributed by atoms with Gasteiger partial charge in [0.05, 0.1) is 12.0 Å². The van der Waals surface area contributed by atoms with Crippen LogP contribution in [0.5, 0.6) is 0 Å². The zero-order valence-electron chi connectivity index (χ0n) is 8.96. The van der Waals surface area contributed by atoms with Gasteiger partial charge in [-0.1, -0.05) is 12.8 Å². The molecule has 1 aliphatic rings. The molecule has 0 amide bonds. The maximum Gasteiger partial charge on any atom is 0.0672 e. The average Bonchev–Trinajstić information content (AvgIpc) is 2.25. The maximum atomic E-state index is 8.95. The van der Waals surface area contributed by atoms with Crippen molar-refractivity contribution in [1.29, 1.82) is 5.26 Å². The van der Waals surface area contributed by atoms with Crippen LogP contribution in [0.1, 0.15) is 32.1 Å². The van der Waals surface area contributed by atoms with Crippen LogP contribution in [0.25, 0.3) is 0 Å². The van der Waals surface area contributed by atoms with Crippen LogP contribution in [-0.4, -0.2) is 26.3 Å². The maximum absolute atomic E-state index is 8.95. The van der Waals surface area contributed by atoms with Crippen molar-refractivity contribution in [1.82, 2.24) is 5.32 Å². The number of ether oxygens (including phenoxy) is 1. The van der Waals surface area contributed by atoms with Gasteiger partial charge in [0, 0.05) is 19.8 Å². The Morgan fingerprint density at radius 1 is 1.43 bits per heavy atom. The highest BCUT2D eigenvalue weighted by molar-refractivity contribution is 4.94. The Balaban J connectivity index is 2.17. The number of nitrogens with zero attached hydrogens (tertiary/aromatic N) is 1. The van der Waals surface area contributed by atoms with Gasteiger partial charge in [0.2, 0.25) is 0 Å². The third kappa shape index (κ3) is 3.65. The van der Waals surface area contributed by atoms with Gasteiger partial charge in [-0.15, -0.1) is 0 Å². The number of nitrogens with one attached hydrogen (secondary N) is 1. The van der Waals surface area contributed by atoms with Gasteiger partial charge in [-0.25, -0.2) is 0 Å². The van der Waals surface area contributed by atoms with Crippen molar-refractivity contribution in [2.75, 3.05) is 20.3 Å². The smallest absolute Gasteiger partial charge is 0.0672 e. The van der Waals surface area contributed by atoms with Crippen molar-refractivity contribution in [3.05, 3.63) is 0 Å². The van der Waals surface area contributed by atoms with Gasteiger partial charge in [0.25, 0.3) is 0 Å². The molecule has 14 heavy (non-hydrogen) atoms. The molecule has 0 heterocycles. The summed E-state index contributed by atoms with van der Waals surface area (Å²) in [4.78, 5) is 0. The molecule has 3 heteroatoms. The molecule has 1 saturated carbocycles. The second kappa shape index (κ2) is 6.80. The summed E-state index contributed by atoms with van der Waals surface area (Å²) in [6.07, 6.45) is 5.74. The summed E-state index contributed by atoms with van der Waals surface area (Å²) >= 11 is 0. The van der Waals surface area contributed by atoms with E-state index in [2.05, 4.69) is 11.4 Å². The lowest BCUT2D eigenvalue weighted by Crippen LogP contribution is -2.38. The van der Waals surface area contributed by atoms with Crippen molar-refractivity contribution >= 4 is 0 Å². The zero-order valence-corrected chi connectivity index (χ0v) is 8.96. The lowest BCUT2D eigenvalue weighted by atomic mass is 9.85. The Morgan fingerprint density at radius 2 is 2.21 bits per heavy atom. The minimum Gasteiger partial charge on any atom is -0.385 e. The van der Waals surface area contributed by atoms with Crippen LogP contribution in [-0.2, 0) is 4.74 Å². The molecular formula is C11H20N2O. The van der Waals surface area contributed by atoms with E-state index in [0.717, 1.165) is 32.4 Å². The monoisotopic (exact) mass is 196 g/mol.